The molecule has 1 fully saturated rings. The number of phenolic OH excluding ortho intramolecular Hbond substituents is 1. The molecule has 1 aromatic carbocycles. The van der Waals surface area contributed by atoms with Crippen molar-refractivity contribution in [3.63, 3.8) is 0 Å². The molecule has 0 saturated heterocycles. The number of hydrogen-bond acceptors (Lipinski definition) is 3. The van der Waals surface area contributed by atoms with Crippen LogP contribution in [0.25, 0.3) is 0 Å². The second-order valence-corrected chi connectivity index (χ2v) is 4.41. The lowest BCUT2D eigenvalue weighted by Crippen LogP contribution is -2.12. The summed E-state index contributed by atoms with van der Waals surface area (Å²) in [6.45, 7) is 1.72. The van der Waals surface area contributed by atoms with Crippen LogP contribution in [0.4, 0.5) is 0 Å². The molecule has 16 heavy (non-hydrogen) atoms. The summed E-state index contributed by atoms with van der Waals surface area (Å²) in [5.41, 5.74) is 0.171. The van der Waals surface area contributed by atoms with Gasteiger partial charge in [0.1, 0.15) is 0 Å². The Hall–Kier alpha value is -1.71. The van der Waals surface area contributed by atoms with Gasteiger partial charge in [0.05, 0.1) is 12.5 Å². The molecule has 4 nitrogen and oxygen atoms in total. The second-order valence-electron chi connectivity index (χ2n) is 4.41. The third-order valence-corrected chi connectivity index (χ3v) is 3.33. The predicted molar refractivity (Wildman–Crippen MR) is 57.8 cm³/mol. The Morgan fingerprint density at radius 2 is 2.25 bits per heavy atom. The highest BCUT2D eigenvalue weighted by Crippen LogP contribution is 2.59. The number of aliphatic carboxylic acids is 1. The van der Waals surface area contributed by atoms with E-state index in [0.717, 1.165) is 5.56 Å². The maximum atomic E-state index is 11.0. The molecule has 0 aliphatic heterocycles. The van der Waals surface area contributed by atoms with Gasteiger partial charge in [-0.3, -0.25) is 4.79 Å². The van der Waals surface area contributed by atoms with Crippen molar-refractivity contribution in [3.8, 4) is 11.5 Å². The zero-order chi connectivity index (χ0) is 11.9. The van der Waals surface area contributed by atoms with Crippen molar-refractivity contribution in [2.45, 2.75) is 19.3 Å². The first kappa shape index (κ1) is 10.8. The molecule has 0 bridgehead atoms. The highest BCUT2D eigenvalue weighted by atomic mass is 16.5. The largest absolute Gasteiger partial charge is 0.504 e. The van der Waals surface area contributed by atoms with Crippen molar-refractivity contribution >= 4 is 5.97 Å². The fourth-order valence-corrected chi connectivity index (χ4v) is 2.01. The van der Waals surface area contributed by atoms with Gasteiger partial charge >= 0.3 is 5.97 Å². The number of benzene rings is 1. The lowest BCUT2D eigenvalue weighted by molar-refractivity contribution is -0.142. The molecule has 2 rings (SSSR count). The van der Waals surface area contributed by atoms with Crippen LogP contribution in [0.5, 0.6) is 11.5 Å². The molecule has 4 heteroatoms. The average Bonchev–Trinajstić information content (AvgIpc) is 2.92. The summed E-state index contributed by atoms with van der Waals surface area (Å²) in [4.78, 5) is 11.0. The normalized spacial score (nSPS) is 27.5. The number of hydrogen-bond donors (Lipinski definition) is 2. The predicted octanol–water partition coefficient (Wildman–Crippen LogP) is 1.98. The Bertz CT molecular complexity index is 441. The van der Waals surface area contributed by atoms with Gasteiger partial charge in [-0.25, -0.2) is 0 Å². The molecule has 0 amide bonds. The maximum Gasteiger partial charge on any atom is 0.309 e. The molecule has 2 N–H and O–H groups in total. The van der Waals surface area contributed by atoms with Gasteiger partial charge < -0.3 is 14.9 Å². The van der Waals surface area contributed by atoms with Crippen molar-refractivity contribution in [3.05, 3.63) is 23.8 Å². The van der Waals surface area contributed by atoms with Gasteiger partial charge in [0, 0.05) is 5.92 Å². The number of carbonyl (C=O) groups is 1. The molecule has 1 aliphatic carbocycles. The third kappa shape index (κ3) is 1.50. The molecule has 86 valence electrons. The minimum absolute atomic E-state index is 0.0122. The summed E-state index contributed by atoms with van der Waals surface area (Å²) in [5, 5.41) is 18.6. The molecular formula is C12H14O4. The van der Waals surface area contributed by atoms with Crippen molar-refractivity contribution in [2.75, 3.05) is 7.11 Å². The molecular weight excluding hydrogens is 208 g/mol. The van der Waals surface area contributed by atoms with Crippen LogP contribution in [-0.4, -0.2) is 23.3 Å². The fraction of sp³-hybridized carbons (Fsp3) is 0.417. The summed E-state index contributed by atoms with van der Waals surface area (Å²) in [5.74, 6) is -0.337. The van der Waals surface area contributed by atoms with E-state index in [0.29, 0.717) is 12.2 Å². The SMILES string of the molecule is COc1ccc(C2CC2(C)C(=O)O)cc1O. The number of rotatable bonds is 3. The first-order valence-electron chi connectivity index (χ1n) is 5.09. The number of phenols is 1. The number of ether oxygens (including phenoxy) is 1. The van der Waals surface area contributed by atoms with E-state index in [1.807, 2.05) is 0 Å². The molecule has 0 spiro atoms. The van der Waals surface area contributed by atoms with Crippen LogP contribution in [0.2, 0.25) is 0 Å². The Morgan fingerprint density at radius 1 is 1.56 bits per heavy atom. The quantitative estimate of drug-likeness (QED) is 0.820. The van der Waals surface area contributed by atoms with Crippen LogP contribution in [0, 0.1) is 5.41 Å². The zero-order valence-corrected chi connectivity index (χ0v) is 9.23. The van der Waals surface area contributed by atoms with Crippen LogP contribution in [0.15, 0.2) is 18.2 Å². The van der Waals surface area contributed by atoms with Crippen molar-refractivity contribution < 1.29 is 19.7 Å². The average molecular weight is 222 g/mol. The van der Waals surface area contributed by atoms with E-state index in [9.17, 15) is 9.90 Å². The van der Waals surface area contributed by atoms with Crippen LogP contribution >= 0.6 is 0 Å². The van der Waals surface area contributed by atoms with Crippen LogP contribution in [-0.2, 0) is 4.79 Å². The van der Waals surface area contributed by atoms with Gasteiger partial charge in [-0.1, -0.05) is 6.07 Å². The Labute approximate surface area is 93.5 Å². The first-order chi connectivity index (χ1) is 7.49. The van der Waals surface area contributed by atoms with E-state index in [-0.39, 0.29) is 11.7 Å². The van der Waals surface area contributed by atoms with E-state index in [1.165, 1.54) is 7.11 Å². The fourth-order valence-electron chi connectivity index (χ4n) is 2.01. The third-order valence-electron chi connectivity index (χ3n) is 3.33. The number of carboxylic acid groups (broad SMARTS) is 1. The molecule has 1 aliphatic rings. The summed E-state index contributed by atoms with van der Waals surface area (Å²) < 4.78 is 4.93. The molecule has 1 aromatic rings. The molecule has 0 heterocycles. The zero-order valence-electron chi connectivity index (χ0n) is 9.23. The van der Waals surface area contributed by atoms with E-state index in [2.05, 4.69) is 0 Å². The first-order valence-corrected chi connectivity index (χ1v) is 5.09. The Kier molecular flexibility index (Phi) is 2.30. The van der Waals surface area contributed by atoms with Crippen molar-refractivity contribution in [1.82, 2.24) is 0 Å². The van der Waals surface area contributed by atoms with Gasteiger partial charge in [0.15, 0.2) is 11.5 Å². The molecule has 0 radical (unpaired) electrons. The maximum absolute atomic E-state index is 11.0. The van der Waals surface area contributed by atoms with Gasteiger partial charge in [-0.15, -0.1) is 0 Å². The summed E-state index contributed by atoms with van der Waals surface area (Å²) >= 11 is 0. The standard InChI is InChI=1S/C12H14O4/c1-12(11(14)15)6-8(12)7-3-4-10(16-2)9(13)5-7/h3-5,8,13H,6H2,1-2H3,(H,14,15). The summed E-state index contributed by atoms with van der Waals surface area (Å²) in [6.07, 6.45) is 0.619. The smallest absolute Gasteiger partial charge is 0.309 e. The van der Waals surface area contributed by atoms with Gasteiger partial charge in [0.25, 0.3) is 0 Å². The lowest BCUT2D eigenvalue weighted by Gasteiger charge is -2.08. The molecule has 2 atom stereocenters. The lowest BCUT2D eigenvalue weighted by atomic mass is 10.0. The van der Waals surface area contributed by atoms with E-state index in [1.54, 1.807) is 25.1 Å². The number of aromatic hydroxyl groups is 1. The molecule has 2 unspecified atom stereocenters. The summed E-state index contributed by atoms with van der Waals surface area (Å²) in [6, 6.07) is 5.04. The van der Waals surface area contributed by atoms with E-state index >= 15 is 0 Å². The van der Waals surface area contributed by atoms with Gasteiger partial charge in [-0.2, -0.15) is 0 Å². The van der Waals surface area contributed by atoms with Gasteiger partial charge in [0.2, 0.25) is 0 Å². The van der Waals surface area contributed by atoms with Crippen LogP contribution < -0.4 is 4.74 Å². The van der Waals surface area contributed by atoms with Crippen LogP contribution in [0.3, 0.4) is 0 Å². The van der Waals surface area contributed by atoms with Crippen molar-refractivity contribution in [2.24, 2.45) is 5.41 Å². The Balaban J connectivity index is 2.25. The molecule has 1 saturated carbocycles. The second kappa shape index (κ2) is 3.40. The van der Waals surface area contributed by atoms with Crippen molar-refractivity contribution in [1.29, 1.82) is 0 Å². The highest BCUT2D eigenvalue weighted by Gasteiger charge is 2.57. The number of carboxylic acids is 1. The van der Waals surface area contributed by atoms with Crippen LogP contribution in [0.1, 0.15) is 24.8 Å². The molecule has 0 aromatic heterocycles. The van der Waals surface area contributed by atoms with Gasteiger partial charge in [-0.05, 0) is 31.0 Å². The minimum atomic E-state index is -0.784. The topological polar surface area (TPSA) is 66.8 Å². The summed E-state index contributed by atoms with van der Waals surface area (Å²) in [7, 11) is 1.48. The highest BCUT2D eigenvalue weighted by molar-refractivity contribution is 5.80. The monoisotopic (exact) mass is 222 g/mol. The Morgan fingerprint density at radius 3 is 2.69 bits per heavy atom. The minimum Gasteiger partial charge on any atom is -0.504 e. The number of methoxy groups -OCH3 is 1. The van der Waals surface area contributed by atoms with E-state index in [4.69, 9.17) is 9.84 Å². The van der Waals surface area contributed by atoms with E-state index < -0.39 is 11.4 Å².